The van der Waals surface area contributed by atoms with E-state index < -0.39 is 0 Å². The van der Waals surface area contributed by atoms with E-state index in [1.165, 1.54) is 5.56 Å². The highest BCUT2D eigenvalue weighted by Crippen LogP contribution is 2.31. The van der Waals surface area contributed by atoms with E-state index in [9.17, 15) is 0 Å². The summed E-state index contributed by atoms with van der Waals surface area (Å²) in [7, 11) is 0. The summed E-state index contributed by atoms with van der Waals surface area (Å²) in [6, 6.07) is 7.76. The molecule has 120 valence electrons. The molecule has 1 atom stereocenters. The second-order valence-electron chi connectivity index (χ2n) is 5.85. The summed E-state index contributed by atoms with van der Waals surface area (Å²) < 4.78 is 11.7. The predicted molar refractivity (Wildman–Crippen MR) is 87.0 cm³/mol. The molecule has 3 heterocycles. The highest BCUT2D eigenvalue weighted by Gasteiger charge is 2.22. The van der Waals surface area contributed by atoms with Crippen molar-refractivity contribution in [3.05, 3.63) is 41.3 Å². The minimum Gasteiger partial charge on any atom is -0.486 e. The zero-order chi connectivity index (χ0) is 15.6. The van der Waals surface area contributed by atoms with Gasteiger partial charge in [-0.25, -0.2) is 9.97 Å². The van der Waals surface area contributed by atoms with Crippen LogP contribution >= 0.6 is 0 Å². The number of hydrogen-bond acceptors (Lipinski definition) is 6. The van der Waals surface area contributed by atoms with E-state index in [1.807, 2.05) is 31.2 Å². The molecule has 0 bridgehead atoms. The Morgan fingerprint density at radius 1 is 1.26 bits per heavy atom. The minimum atomic E-state index is -0.0301. The number of nitrogens with zero attached hydrogens (tertiary/aromatic N) is 2. The van der Waals surface area contributed by atoms with Gasteiger partial charge in [0.15, 0.2) is 11.5 Å². The lowest BCUT2D eigenvalue weighted by molar-refractivity contribution is 0.0997. The second-order valence-corrected chi connectivity index (χ2v) is 5.85. The van der Waals surface area contributed by atoms with Crippen LogP contribution in [0.4, 0.5) is 5.82 Å². The van der Waals surface area contributed by atoms with Crippen LogP contribution in [0.15, 0.2) is 24.3 Å². The van der Waals surface area contributed by atoms with Gasteiger partial charge in [0.05, 0.1) is 12.2 Å². The monoisotopic (exact) mass is 312 g/mol. The molecular formula is C17H20N4O2. The molecule has 23 heavy (non-hydrogen) atoms. The first-order chi connectivity index (χ1) is 11.3. The maximum absolute atomic E-state index is 5.98. The van der Waals surface area contributed by atoms with Gasteiger partial charge < -0.3 is 20.1 Å². The van der Waals surface area contributed by atoms with Gasteiger partial charge in [0, 0.05) is 12.1 Å². The molecule has 6 heteroatoms. The first kappa shape index (κ1) is 14.3. The number of anilines is 1. The second kappa shape index (κ2) is 6.04. The average Bonchev–Trinajstić information content (AvgIpc) is 2.59. The first-order valence-corrected chi connectivity index (χ1v) is 7.99. The summed E-state index contributed by atoms with van der Waals surface area (Å²) in [5.41, 5.74) is 2.31. The fourth-order valence-electron chi connectivity index (χ4n) is 3.00. The van der Waals surface area contributed by atoms with E-state index in [4.69, 9.17) is 9.47 Å². The van der Waals surface area contributed by atoms with E-state index in [-0.39, 0.29) is 6.10 Å². The highest BCUT2D eigenvalue weighted by atomic mass is 16.6. The fourth-order valence-corrected chi connectivity index (χ4v) is 3.00. The van der Waals surface area contributed by atoms with Gasteiger partial charge in [0.1, 0.15) is 24.4 Å². The number of benzene rings is 1. The van der Waals surface area contributed by atoms with Crippen LogP contribution in [0.2, 0.25) is 0 Å². The quantitative estimate of drug-likeness (QED) is 0.899. The molecule has 0 spiro atoms. The Balaban J connectivity index is 1.47. The molecule has 2 N–H and O–H groups in total. The van der Waals surface area contributed by atoms with Crippen LogP contribution in [0.25, 0.3) is 0 Å². The summed E-state index contributed by atoms with van der Waals surface area (Å²) in [5.74, 6) is 3.33. The van der Waals surface area contributed by atoms with Gasteiger partial charge in [-0.05, 0) is 32.0 Å². The lowest BCUT2D eigenvalue weighted by atomic mass is 10.1. The van der Waals surface area contributed by atoms with E-state index in [1.54, 1.807) is 0 Å². The van der Waals surface area contributed by atoms with Crippen LogP contribution in [0.5, 0.6) is 11.5 Å². The van der Waals surface area contributed by atoms with Gasteiger partial charge in [0.25, 0.3) is 0 Å². The molecule has 4 rings (SSSR count). The number of nitrogens with one attached hydrogen (secondary N) is 2. The number of ether oxygens (including phenoxy) is 2. The van der Waals surface area contributed by atoms with E-state index in [2.05, 4.69) is 20.6 Å². The third-order valence-corrected chi connectivity index (χ3v) is 4.11. The molecule has 0 aliphatic carbocycles. The average molecular weight is 312 g/mol. The molecule has 0 saturated carbocycles. The van der Waals surface area contributed by atoms with Crippen LogP contribution in [0.1, 0.15) is 17.1 Å². The predicted octanol–water partition coefficient (Wildman–Crippen LogP) is 1.68. The maximum atomic E-state index is 5.98. The Bertz CT molecular complexity index is 720. The van der Waals surface area contributed by atoms with E-state index in [0.717, 1.165) is 48.3 Å². The number of rotatable bonds is 3. The van der Waals surface area contributed by atoms with Crippen molar-refractivity contribution in [2.45, 2.75) is 26.0 Å². The Morgan fingerprint density at radius 3 is 3.04 bits per heavy atom. The van der Waals surface area contributed by atoms with Crippen molar-refractivity contribution in [2.24, 2.45) is 0 Å². The molecule has 0 radical (unpaired) electrons. The third-order valence-electron chi connectivity index (χ3n) is 4.11. The summed E-state index contributed by atoms with van der Waals surface area (Å²) in [6.07, 6.45) is 0.917. The third kappa shape index (κ3) is 2.94. The normalized spacial score (nSPS) is 19.1. The summed E-state index contributed by atoms with van der Waals surface area (Å²) in [5, 5.41) is 6.78. The number of hydrogen-bond donors (Lipinski definition) is 2. The molecule has 2 aliphatic heterocycles. The van der Waals surface area contributed by atoms with Crippen molar-refractivity contribution in [1.82, 2.24) is 15.3 Å². The SMILES string of the molecule is Cc1nc2c(c(NCC3COc4ccccc4O3)n1)CCNC2. The molecule has 2 aromatic rings. The van der Waals surface area contributed by atoms with Gasteiger partial charge >= 0.3 is 0 Å². The standard InChI is InChI=1S/C17H20N4O2/c1-11-20-14-9-18-7-6-13(14)17(21-11)19-8-12-10-22-15-4-2-3-5-16(15)23-12/h2-5,12,18H,6-10H2,1H3,(H,19,20,21). The Hall–Kier alpha value is -2.34. The zero-order valence-electron chi connectivity index (χ0n) is 13.1. The van der Waals surface area contributed by atoms with Gasteiger partial charge in [0.2, 0.25) is 0 Å². The molecule has 1 aromatic heterocycles. The lowest BCUT2D eigenvalue weighted by Gasteiger charge is -2.27. The minimum absolute atomic E-state index is 0.0301. The molecule has 0 amide bonds. The van der Waals surface area contributed by atoms with Crippen LogP contribution in [-0.4, -0.2) is 35.8 Å². The van der Waals surface area contributed by atoms with Crippen molar-refractivity contribution in [3.8, 4) is 11.5 Å². The van der Waals surface area contributed by atoms with Crippen molar-refractivity contribution in [2.75, 3.05) is 25.0 Å². The van der Waals surface area contributed by atoms with E-state index >= 15 is 0 Å². The molecule has 0 saturated heterocycles. The van der Waals surface area contributed by atoms with Crippen LogP contribution in [0.3, 0.4) is 0 Å². The molecule has 2 aliphatic rings. The van der Waals surface area contributed by atoms with Crippen LogP contribution < -0.4 is 20.1 Å². The molecule has 6 nitrogen and oxygen atoms in total. The van der Waals surface area contributed by atoms with Gasteiger partial charge in [-0.3, -0.25) is 0 Å². The number of aryl methyl sites for hydroxylation is 1. The van der Waals surface area contributed by atoms with E-state index in [0.29, 0.717) is 13.2 Å². The van der Waals surface area contributed by atoms with Crippen LogP contribution in [0, 0.1) is 6.92 Å². The fraction of sp³-hybridized carbons (Fsp3) is 0.412. The number of para-hydroxylation sites is 2. The van der Waals surface area contributed by atoms with Crippen molar-refractivity contribution < 1.29 is 9.47 Å². The summed E-state index contributed by atoms with van der Waals surface area (Å²) in [6.45, 7) is 4.90. The summed E-state index contributed by atoms with van der Waals surface area (Å²) >= 11 is 0. The largest absolute Gasteiger partial charge is 0.486 e. The van der Waals surface area contributed by atoms with Crippen LogP contribution in [-0.2, 0) is 13.0 Å². The van der Waals surface area contributed by atoms with Crippen molar-refractivity contribution in [1.29, 1.82) is 0 Å². The Morgan fingerprint density at radius 2 is 2.13 bits per heavy atom. The van der Waals surface area contributed by atoms with Gasteiger partial charge in [-0.2, -0.15) is 0 Å². The topological polar surface area (TPSA) is 68.3 Å². The highest BCUT2D eigenvalue weighted by molar-refractivity contribution is 5.48. The maximum Gasteiger partial charge on any atom is 0.161 e. The van der Waals surface area contributed by atoms with Crippen molar-refractivity contribution in [3.63, 3.8) is 0 Å². The number of aromatic nitrogens is 2. The zero-order valence-corrected chi connectivity index (χ0v) is 13.1. The molecular weight excluding hydrogens is 292 g/mol. The van der Waals surface area contributed by atoms with Crippen molar-refractivity contribution >= 4 is 5.82 Å². The smallest absolute Gasteiger partial charge is 0.161 e. The Labute approximate surface area is 135 Å². The molecule has 1 aromatic carbocycles. The van der Waals surface area contributed by atoms with Gasteiger partial charge in [-0.1, -0.05) is 12.1 Å². The first-order valence-electron chi connectivity index (χ1n) is 7.99. The Kier molecular flexibility index (Phi) is 3.75. The number of fused-ring (bicyclic) bond motifs is 2. The molecule has 0 fully saturated rings. The molecule has 1 unspecified atom stereocenters. The summed E-state index contributed by atoms with van der Waals surface area (Å²) in [4.78, 5) is 9.10. The lowest BCUT2D eigenvalue weighted by Crippen LogP contribution is -2.36. The van der Waals surface area contributed by atoms with Gasteiger partial charge in [-0.15, -0.1) is 0 Å².